The summed E-state index contributed by atoms with van der Waals surface area (Å²) in [4.78, 5) is 35.2. The van der Waals surface area contributed by atoms with Crippen LogP contribution in [0.3, 0.4) is 0 Å². The van der Waals surface area contributed by atoms with Crippen molar-refractivity contribution in [3.05, 3.63) is 0 Å². The van der Waals surface area contributed by atoms with Crippen molar-refractivity contribution in [1.29, 1.82) is 0 Å². The fraction of sp³-hybridized carbons (Fsp3) is 0.833. The first-order chi connectivity index (χ1) is 11.3. The predicted octanol–water partition coefficient (Wildman–Crippen LogP) is 2.26. The van der Waals surface area contributed by atoms with E-state index in [0.717, 1.165) is 19.3 Å². The Bertz CT molecular complexity index is 397. The number of unbranched alkanes of at least 4 members (excludes halogenated alkanes) is 5. The van der Waals surface area contributed by atoms with E-state index >= 15 is 0 Å². The molecule has 0 aliphatic heterocycles. The van der Waals surface area contributed by atoms with Gasteiger partial charge >= 0.3 is 0 Å². The number of nitrogens with two attached hydrogens (primary N) is 1. The number of hydrogen-bond acceptors (Lipinski definition) is 3. The van der Waals surface area contributed by atoms with Crippen LogP contribution in [0.5, 0.6) is 0 Å². The molecule has 6 nitrogen and oxygen atoms in total. The lowest BCUT2D eigenvalue weighted by Crippen LogP contribution is -2.53. The number of carbonyl (C=O) groups excluding carboxylic acids is 3. The smallest absolute Gasteiger partial charge is 0.243 e. The summed E-state index contributed by atoms with van der Waals surface area (Å²) in [5.41, 5.74) is 5.41. The van der Waals surface area contributed by atoms with Crippen molar-refractivity contribution in [1.82, 2.24) is 10.6 Å². The zero-order chi connectivity index (χ0) is 18.5. The van der Waals surface area contributed by atoms with Gasteiger partial charge in [0.2, 0.25) is 17.7 Å². The van der Waals surface area contributed by atoms with Gasteiger partial charge in [0, 0.05) is 6.92 Å². The molecule has 2 atom stereocenters. The van der Waals surface area contributed by atoms with Crippen molar-refractivity contribution in [2.75, 3.05) is 0 Å². The molecule has 0 aromatic heterocycles. The van der Waals surface area contributed by atoms with E-state index < -0.39 is 18.0 Å². The Balaban J connectivity index is 4.46. The van der Waals surface area contributed by atoms with Gasteiger partial charge in [-0.2, -0.15) is 0 Å². The van der Waals surface area contributed by atoms with E-state index in [1.807, 2.05) is 13.8 Å². The largest absolute Gasteiger partial charge is 0.368 e. The lowest BCUT2D eigenvalue weighted by molar-refractivity contribution is -0.131. The van der Waals surface area contributed by atoms with Gasteiger partial charge in [0.1, 0.15) is 12.1 Å². The molecule has 0 rings (SSSR count). The van der Waals surface area contributed by atoms with Gasteiger partial charge in [0.25, 0.3) is 0 Å². The van der Waals surface area contributed by atoms with Gasteiger partial charge in [-0.3, -0.25) is 14.4 Å². The maximum Gasteiger partial charge on any atom is 0.243 e. The minimum Gasteiger partial charge on any atom is -0.368 e. The minimum atomic E-state index is -0.674. The molecular formula is C18H35N3O3. The first-order valence-corrected chi connectivity index (χ1v) is 9.14. The zero-order valence-electron chi connectivity index (χ0n) is 15.7. The van der Waals surface area contributed by atoms with E-state index in [2.05, 4.69) is 17.6 Å². The Morgan fingerprint density at radius 1 is 0.917 bits per heavy atom. The van der Waals surface area contributed by atoms with Crippen molar-refractivity contribution in [2.24, 2.45) is 11.7 Å². The predicted molar refractivity (Wildman–Crippen MR) is 96.2 cm³/mol. The molecule has 0 saturated carbocycles. The Kier molecular flexibility index (Phi) is 11.9. The van der Waals surface area contributed by atoms with Crippen molar-refractivity contribution >= 4 is 17.7 Å². The van der Waals surface area contributed by atoms with Crippen LogP contribution in [0.1, 0.15) is 79.1 Å². The van der Waals surface area contributed by atoms with Crippen molar-refractivity contribution in [3.63, 3.8) is 0 Å². The van der Waals surface area contributed by atoms with Crippen LogP contribution in [0.25, 0.3) is 0 Å². The molecule has 6 heteroatoms. The zero-order valence-corrected chi connectivity index (χ0v) is 15.7. The van der Waals surface area contributed by atoms with Crippen molar-refractivity contribution < 1.29 is 14.4 Å². The molecule has 0 fully saturated rings. The Labute approximate surface area is 146 Å². The van der Waals surface area contributed by atoms with Crippen LogP contribution in [0.15, 0.2) is 0 Å². The summed E-state index contributed by atoms with van der Waals surface area (Å²) in [6, 6.07) is -1.30. The number of nitrogens with one attached hydrogen (secondary N) is 2. The van der Waals surface area contributed by atoms with Crippen molar-refractivity contribution in [3.8, 4) is 0 Å². The standard InChI is InChI=1S/C18H35N3O3/c1-5-6-7-8-9-10-11-15(17(19)23)21-18(24)16(12-13(2)3)20-14(4)22/h13,15-16H,5-12H2,1-4H3,(H2,19,23)(H,20,22)(H,21,24)/t15-,16-/m0/s1. The van der Waals surface area contributed by atoms with Gasteiger partial charge in [-0.15, -0.1) is 0 Å². The first-order valence-electron chi connectivity index (χ1n) is 9.14. The van der Waals surface area contributed by atoms with E-state index in [0.29, 0.717) is 12.8 Å². The molecule has 3 amide bonds. The summed E-state index contributed by atoms with van der Waals surface area (Å²) in [6.07, 6.45) is 7.70. The molecule has 0 spiro atoms. The van der Waals surface area contributed by atoms with Gasteiger partial charge in [0.05, 0.1) is 0 Å². The van der Waals surface area contributed by atoms with Crippen molar-refractivity contribution in [2.45, 2.75) is 91.1 Å². The van der Waals surface area contributed by atoms with Crippen LogP contribution in [0, 0.1) is 5.92 Å². The van der Waals surface area contributed by atoms with E-state index in [9.17, 15) is 14.4 Å². The SMILES string of the molecule is CCCCCCCC[C@H](NC(=O)[C@H](CC(C)C)NC(C)=O)C(N)=O. The highest BCUT2D eigenvalue weighted by molar-refractivity contribution is 5.91. The summed E-state index contributed by atoms with van der Waals surface area (Å²) in [5.74, 6) is -0.878. The first kappa shape index (κ1) is 22.4. The molecule has 4 N–H and O–H groups in total. The number of hydrogen-bond donors (Lipinski definition) is 3. The van der Waals surface area contributed by atoms with E-state index in [-0.39, 0.29) is 17.7 Å². The average Bonchev–Trinajstić information content (AvgIpc) is 2.47. The molecule has 0 saturated heterocycles. The highest BCUT2D eigenvalue weighted by atomic mass is 16.2. The molecule has 0 radical (unpaired) electrons. The third-order valence-corrected chi connectivity index (χ3v) is 3.91. The summed E-state index contributed by atoms with van der Waals surface area (Å²) in [7, 11) is 0. The quantitative estimate of drug-likeness (QED) is 0.448. The van der Waals surface area contributed by atoms with Crippen LogP contribution in [0.2, 0.25) is 0 Å². The van der Waals surface area contributed by atoms with Crippen LogP contribution in [-0.2, 0) is 14.4 Å². The third-order valence-electron chi connectivity index (χ3n) is 3.91. The van der Waals surface area contributed by atoms with Crippen LogP contribution in [0.4, 0.5) is 0 Å². The fourth-order valence-corrected chi connectivity index (χ4v) is 2.63. The van der Waals surface area contributed by atoms with E-state index in [1.165, 1.54) is 26.2 Å². The van der Waals surface area contributed by atoms with Gasteiger partial charge in [-0.1, -0.05) is 59.3 Å². The number of carbonyl (C=O) groups is 3. The topological polar surface area (TPSA) is 101 Å². The Hall–Kier alpha value is -1.59. The summed E-state index contributed by atoms with van der Waals surface area (Å²) in [6.45, 7) is 7.50. The molecular weight excluding hydrogens is 306 g/mol. The third kappa shape index (κ3) is 11.0. The number of amides is 3. The highest BCUT2D eigenvalue weighted by Gasteiger charge is 2.25. The maximum absolute atomic E-state index is 12.4. The molecule has 0 aliphatic rings. The molecule has 0 bridgehead atoms. The molecule has 0 aliphatic carbocycles. The molecule has 0 aromatic carbocycles. The Morgan fingerprint density at radius 2 is 1.50 bits per heavy atom. The Morgan fingerprint density at radius 3 is 2.00 bits per heavy atom. The van der Waals surface area contributed by atoms with Gasteiger partial charge < -0.3 is 16.4 Å². The second kappa shape index (κ2) is 12.8. The molecule has 140 valence electrons. The van der Waals surface area contributed by atoms with E-state index in [1.54, 1.807) is 0 Å². The minimum absolute atomic E-state index is 0.248. The lowest BCUT2D eigenvalue weighted by atomic mass is 10.0. The highest BCUT2D eigenvalue weighted by Crippen LogP contribution is 2.10. The second-order valence-electron chi connectivity index (χ2n) is 6.90. The molecule has 0 unspecified atom stereocenters. The summed E-state index contributed by atoms with van der Waals surface area (Å²) >= 11 is 0. The van der Waals surface area contributed by atoms with Crippen LogP contribution >= 0.6 is 0 Å². The van der Waals surface area contributed by atoms with Gasteiger partial charge in [0.15, 0.2) is 0 Å². The summed E-state index contributed by atoms with van der Waals surface area (Å²) < 4.78 is 0. The van der Waals surface area contributed by atoms with Gasteiger partial charge in [-0.25, -0.2) is 0 Å². The van der Waals surface area contributed by atoms with E-state index in [4.69, 9.17) is 5.73 Å². The lowest BCUT2D eigenvalue weighted by Gasteiger charge is -2.22. The van der Waals surface area contributed by atoms with Gasteiger partial charge in [-0.05, 0) is 18.8 Å². The molecule has 24 heavy (non-hydrogen) atoms. The number of primary amides is 1. The summed E-state index contributed by atoms with van der Waals surface area (Å²) in [5, 5.41) is 5.34. The molecule has 0 heterocycles. The maximum atomic E-state index is 12.4. The molecule has 0 aromatic rings. The second-order valence-corrected chi connectivity index (χ2v) is 6.90. The number of rotatable bonds is 13. The average molecular weight is 341 g/mol. The normalized spacial score (nSPS) is 13.4. The van der Waals surface area contributed by atoms with Crippen LogP contribution < -0.4 is 16.4 Å². The fourth-order valence-electron chi connectivity index (χ4n) is 2.63. The monoisotopic (exact) mass is 341 g/mol. The van der Waals surface area contributed by atoms with Crippen LogP contribution in [-0.4, -0.2) is 29.8 Å².